The Labute approximate surface area is 147 Å². The fourth-order valence-electron chi connectivity index (χ4n) is 3.42. The van der Waals surface area contributed by atoms with Crippen LogP contribution < -0.4 is 9.64 Å². The smallest absolute Gasteiger partial charge is 0.227 e. The molecule has 25 heavy (non-hydrogen) atoms. The van der Waals surface area contributed by atoms with Crippen LogP contribution in [0.25, 0.3) is 0 Å². The van der Waals surface area contributed by atoms with E-state index in [1.54, 1.807) is 12.4 Å². The van der Waals surface area contributed by atoms with E-state index in [1.807, 2.05) is 23.1 Å². The number of benzene rings is 1. The summed E-state index contributed by atoms with van der Waals surface area (Å²) in [6, 6.07) is 7.95. The van der Waals surface area contributed by atoms with E-state index in [0.717, 1.165) is 49.8 Å². The summed E-state index contributed by atoms with van der Waals surface area (Å²) in [6.07, 6.45) is 6.04. The minimum atomic E-state index is 0.185. The maximum atomic E-state index is 12.6. The molecule has 0 N–H and O–H groups in total. The molecule has 0 saturated carbocycles. The Kier molecular flexibility index (Phi) is 4.50. The Morgan fingerprint density at radius 2 is 1.92 bits per heavy atom. The van der Waals surface area contributed by atoms with Crippen LogP contribution in [-0.2, 0) is 17.6 Å². The number of hydrogen-bond acceptors (Lipinski definition) is 5. The summed E-state index contributed by atoms with van der Waals surface area (Å²) in [7, 11) is 0. The number of aryl methyl sites for hydroxylation is 1. The predicted molar refractivity (Wildman–Crippen MR) is 94.8 cm³/mol. The number of ether oxygens (including phenoxy) is 1. The summed E-state index contributed by atoms with van der Waals surface area (Å²) in [5, 5.41) is 0. The minimum absolute atomic E-state index is 0.185. The number of rotatable bonds is 3. The van der Waals surface area contributed by atoms with Crippen LogP contribution >= 0.6 is 0 Å². The Bertz CT molecular complexity index is 742. The number of carbonyl (C=O) groups excluding carboxylic acids is 1. The van der Waals surface area contributed by atoms with Crippen LogP contribution in [0.4, 0.5) is 5.95 Å². The van der Waals surface area contributed by atoms with Crippen molar-refractivity contribution in [1.82, 2.24) is 14.9 Å². The third-order valence-electron chi connectivity index (χ3n) is 4.80. The number of hydrogen-bond donors (Lipinski definition) is 0. The lowest BCUT2D eigenvalue weighted by atomic mass is 10.0. The van der Waals surface area contributed by atoms with Crippen molar-refractivity contribution in [3.8, 4) is 5.75 Å². The summed E-state index contributed by atoms with van der Waals surface area (Å²) in [5.41, 5.74) is 2.30. The van der Waals surface area contributed by atoms with Crippen LogP contribution in [0.1, 0.15) is 17.5 Å². The zero-order chi connectivity index (χ0) is 17.1. The van der Waals surface area contributed by atoms with Gasteiger partial charge in [0.2, 0.25) is 11.9 Å². The average molecular weight is 338 g/mol. The highest BCUT2D eigenvalue weighted by Crippen LogP contribution is 2.26. The largest absolute Gasteiger partial charge is 0.493 e. The van der Waals surface area contributed by atoms with Gasteiger partial charge < -0.3 is 14.5 Å². The first-order valence-corrected chi connectivity index (χ1v) is 8.84. The van der Waals surface area contributed by atoms with Crippen molar-refractivity contribution < 1.29 is 9.53 Å². The van der Waals surface area contributed by atoms with Gasteiger partial charge in [0.1, 0.15) is 5.75 Å². The molecular formula is C19H22N4O2. The summed E-state index contributed by atoms with van der Waals surface area (Å²) < 4.78 is 5.64. The van der Waals surface area contributed by atoms with Crippen LogP contribution in [0.15, 0.2) is 36.7 Å². The molecule has 0 bridgehead atoms. The first-order chi connectivity index (χ1) is 12.3. The second-order valence-corrected chi connectivity index (χ2v) is 6.49. The van der Waals surface area contributed by atoms with E-state index in [4.69, 9.17) is 4.74 Å². The van der Waals surface area contributed by atoms with Gasteiger partial charge in [-0.1, -0.05) is 12.1 Å². The van der Waals surface area contributed by atoms with Gasteiger partial charge >= 0.3 is 0 Å². The van der Waals surface area contributed by atoms with Crippen molar-refractivity contribution in [2.45, 2.75) is 19.3 Å². The van der Waals surface area contributed by atoms with Crippen molar-refractivity contribution in [1.29, 1.82) is 0 Å². The fourth-order valence-corrected chi connectivity index (χ4v) is 3.42. The van der Waals surface area contributed by atoms with Crippen LogP contribution in [0, 0.1) is 0 Å². The number of carbonyl (C=O) groups is 1. The molecule has 6 nitrogen and oxygen atoms in total. The number of amides is 1. The molecule has 1 amide bonds. The van der Waals surface area contributed by atoms with E-state index in [2.05, 4.69) is 20.9 Å². The number of anilines is 1. The molecular weight excluding hydrogens is 316 g/mol. The van der Waals surface area contributed by atoms with E-state index in [9.17, 15) is 4.79 Å². The van der Waals surface area contributed by atoms with Crippen LogP contribution in [0.2, 0.25) is 0 Å². The first-order valence-electron chi connectivity index (χ1n) is 8.84. The number of fused-ring (bicyclic) bond motifs is 1. The third kappa shape index (κ3) is 3.57. The van der Waals surface area contributed by atoms with Crippen molar-refractivity contribution in [3.05, 3.63) is 47.8 Å². The molecule has 0 atom stereocenters. The normalized spacial score (nSPS) is 17.0. The first kappa shape index (κ1) is 15.9. The van der Waals surface area contributed by atoms with Gasteiger partial charge in [0, 0.05) is 38.6 Å². The van der Waals surface area contributed by atoms with Gasteiger partial charge in [-0.3, -0.25) is 4.79 Å². The Balaban J connectivity index is 1.35. The number of nitrogens with zero attached hydrogens (tertiary/aromatic N) is 4. The van der Waals surface area contributed by atoms with E-state index in [1.165, 1.54) is 5.56 Å². The zero-order valence-electron chi connectivity index (χ0n) is 14.2. The van der Waals surface area contributed by atoms with Crippen LogP contribution in [-0.4, -0.2) is 53.6 Å². The molecule has 1 aromatic carbocycles. The van der Waals surface area contributed by atoms with Crippen LogP contribution in [0.5, 0.6) is 5.75 Å². The van der Waals surface area contributed by atoms with Gasteiger partial charge in [-0.2, -0.15) is 0 Å². The molecule has 1 aromatic heterocycles. The molecule has 130 valence electrons. The van der Waals surface area contributed by atoms with Crippen molar-refractivity contribution in [2.24, 2.45) is 0 Å². The number of aromatic nitrogens is 2. The van der Waals surface area contributed by atoms with Crippen molar-refractivity contribution in [3.63, 3.8) is 0 Å². The van der Waals surface area contributed by atoms with Gasteiger partial charge in [0.25, 0.3) is 0 Å². The summed E-state index contributed by atoms with van der Waals surface area (Å²) >= 11 is 0. The molecule has 3 heterocycles. The molecule has 4 rings (SSSR count). The SMILES string of the molecule is O=C(Cc1ccc2c(c1)CCCO2)N1CCN(c2ncccn2)CC1. The van der Waals surface area contributed by atoms with E-state index >= 15 is 0 Å². The molecule has 0 unspecified atom stereocenters. The molecule has 0 radical (unpaired) electrons. The molecule has 6 heteroatoms. The quantitative estimate of drug-likeness (QED) is 0.852. The standard InChI is InChI=1S/C19H22N4O2/c24-18(14-15-4-5-17-16(13-15)3-1-12-25-17)22-8-10-23(11-9-22)19-20-6-2-7-21-19/h2,4-7,13H,1,3,8-12,14H2. The summed E-state index contributed by atoms with van der Waals surface area (Å²) in [5.74, 6) is 1.90. The van der Waals surface area contributed by atoms with E-state index in [-0.39, 0.29) is 5.91 Å². The lowest BCUT2D eigenvalue weighted by molar-refractivity contribution is -0.130. The Hall–Kier alpha value is -2.63. The monoisotopic (exact) mass is 338 g/mol. The highest BCUT2D eigenvalue weighted by atomic mass is 16.5. The average Bonchev–Trinajstić information content (AvgIpc) is 2.69. The lowest BCUT2D eigenvalue weighted by Gasteiger charge is -2.34. The topological polar surface area (TPSA) is 58.6 Å². The highest BCUT2D eigenvalue weighted by molar-refractivity contribution is 5.79. The minimum Gasteiger partial charge on any atom is -0.493 e. The predicted octanol–water partition coefficient (Wildman–Crippen LogP) is 1.69. The van der Waals surface area contributed by atoms with Crippen molar-refractivity contribution in [2.75, 3.05) is 37.7 Å². The molecule has 0 spiro atoms. The summed E-state index contributed by atoms with van der Waals surface area (Å²) in [6.45, 7) is 3.76. The highest BCUT2D eigenvalue weighted by Gasteiger charge is 2.22. The van der Waals surface area contributed by atoms with Gasteiger partial charge in [-0.25, -0.2) is 9.97 Å². The zero-order valence-corrected chi connectivity index (χ0v) is 14.2. The molecule has 0 aliphatic carbocycles. The van der Waals surface area contributed by atoms with Gasteiger partial charge in [-0.05, 0) is 36.1 Å². The van der Waals surface area contributed by atoms with Gasteiger partial charge in [0.15, 0.2) is 0 Å². The molecule has 1 saturated heterocycles. The Morgan fingerprint density at radius 1 is 1.12 bits per heavy atom. The molecule has 2 aliphatic heterocycles. The number of piperazine rings is 1. The fraction of sp³-hybridized carbons (Fsp3) is 0.421. The molecule has 1 fully saturated rings. The van der Waals surface area contributed by atoms with Gasteiger partial charge in [0.05, 0.1) is 13.0 Å². The van der Waals surface area contributed by atoms with E-state index in [0.29, 0.717) is 19.5 Å². The second kappa shape index (κ2) is 7.09. The molecule has 2 aliphatic rings. The Morgan fingerprint density at radius 3 is 2.72 bits per heavy atom. The van der Waals surface area contributed by atoms with E-state index < -0.39 is 0 Å². The van der Waals surface area contributed by atoms with Crippen LogP contribution in [0.3, 0.4) is 0 Å². The lowest BCUT2D eigenvalue weighted by Crippen LogP contribution is -2.49. The van der Waals surface area contributed by atoms with Gasteiger partial charge in [-0.15, -0.1) is 0 Å². The third-order valence-corrected chi connectivity index (χ3v) is 4.80. The maximum Gasteiger partial charge on any atom is 0.227 e. The van der Waals surface area contributed by atoms with Crippen molar-refractivity contribution >= 4 is 11.9 Å². The maximum absolute atomic E-state index is 12.6. The molecule has 2 aromatic rings. The second-order valence-electron chi connectivity index (χ2n) is 6.49. The summed E-state index contributed by atoms with van der Waals surface area (Å²) in [4.78, 5) is 25.2.